The maximum Gasteiger partial charge on any atom is 0.170 e. The zero-order valence-corrected chi connectivity index (χ0v) is 11.8. The van der Waals surface area contributed by atoms with Crippen molar-refractivity contribution in [3.05, 3.63) is 29.8 Å². The Hall–Kier alpha value is -1.46. The minimum atomic E-state index is 0.0632. The topological polar surface area (TPSA) is 44.4 Å². The first kappa shape index (κ1) is 14.6. The Bertz CT molecular complexity index is 415. The van der Waals surface area contributed by atoms with E-state index in [0.717, 1.165) is 18.8 Å². The summed E-state index contributed by atoms with van der Waals surface area (Å²) in [5, 5.41) is 6.77. The van der Waals surface area contributed by atoms with Crippen LogP contribution in [0.25, 0.3) is 0 Å². The van der Waals surface area contributed by atoms with Crippen LogP contribution in [-0.4, -0.2) is 43.0 Å². The summed E-state index contributed by atoms with van der Waals surface area (Å²) in [6.07, 6.45) is 0. The first-order valence-corrected chi connectivity index (χ1v) is 6.20. The summed E-state index contributed by atoms with van der Waals surface area (Å²) < 4.78 is 0. The first-order chi connectivity index (χ1) is 8.49. The molecule has 0 aliphatic heterocycles. The van der Waals surface area contributed by atoms with Crippen molar-refractivity contribution < 1.29 is 4.79 Å². The van der Waals surface area contributed by atoms with Crippen LogP contribution in [0.5, 0.6) is 0 Å². The number of hydrogen-bond donors (Lipinski definition) is 2. The molecule has 0 unspecified atom stereocenters. The molecule has 0 bridgehead atoms. The predicted octanol–water partition coefficient (Wildman–Crippen LogP) is 1.74. The second-order valence-electron chi connectivity index (χ2n) is 4.32. The van der Waals surface area contributed by atoms with E-state index in [1.165, 1.54) is 0 Å². The number of nitrogens with one attached hydrogen (secondary N) is 2. The number of Topliss-reactive ketones (excluding diaryl/α,β-unsaturated/α-hetero) is 1. The summed E-state index contributed by atoms with van der Waals surface area (Å²) in [6, 6.07) is 7.26. The number of benzene rings is 1. The van der Waals surface area contributed by atoms with Crippen LogP contribution in [0, 0.1) is 0 Å². The molecular formula is C13H19N3OS. The fraction of sp³-hybridized carbons (Fsp3) is 0.385. The third-order valence-corrected chi connectivity index (χ3v) is 2.64. The van der Waals surface area contributed by atoms with Gasteiger partial charge in [0, 0.05) is 24.3 Å². The molecule has 0 fully saturated rings. The van der Waals surface area contributed by atoms with Gasteiger partial charge in [-0.25, -0.2) is 0 Å². The van der Waals surface area contributed by atoms with Gasteiger partial charge in [0.2, 0.25) is 0 Å². The lowest BCUT2D eigenvalue weighted by atomic mass is 10.1. The van der Waals surface area contributed by atoms with Crippen molar-refractivity contribution in [1.82, 2.24) is 10.2 Å². The number of rotatable bonds is 5. The largest absolute Gasteiger partial charge is 0.361 e. The van der Waals surface area contributed by atoms with E-state index in [-0.39, 0.29) is 5.78 Å². The van der Waals surface area contributed by atoms with Crippen molar-refractivity contribution in [3.63, 3.8) is 0 Å². The first-order valence-electron chi connectivity index (χ1n) is 5.79. The standard InChI is InChI=1S/C13H19N3OS/c1-10(17)11-4-6-12(7-5-11)15-13(18)14-8-9-16(2)3/h4-7H,8-9H2,1-3H3,(H2,14,15,18). The van der Waals surface area contributed by atoms with Crippen LogP contribution in [-0.2, 0) is 0 Å². The number of carbonyl (C=O) groups is 1. The van der Waals surface area contributed by atoms with Gasteiger partial charge in [0.15, 0.2) is 10.9 Å². The summed E-state index contributed by atoms with van der Waals surface area (Å²) in [5.41, 5.74) is 1.58. The van der Waals surface area contributed by atoms with Gasteiger partial charge < -0.3 is 15.5 Å². The minimum Gasteiger partial charge on any atom is -0.361 e. The summed E-state index contributed by atoms with van der Waals surface area (Å²) in [5.74, 6) is 0.0632. The van der Waals surface area contributed by atoms with E-state index in [0.29, 0.717) is 10.7 Å². The van der Waals surface area contributed by atoms with E-state index in [9.17, 15) is 4.79 Å². The highest BCUT2D eigenvalue weighted by molar-refractivity contribution is 7.80. The van der Waals surface area contributed by atoms with Crippen LogP contribution in [0.1, 0.15) is 17.3 Å². The molecule has 0 saturated heterocycles. The van der Waals surface area contributed by atoms with Crippen molar-refractivity contribution >= 4 is 28.8 Å². The Kier molecular flexibility index (Phi) is 5.74. The van der Waals surface area contributed by atoms with Gasteiger partial charge in [0.25, 0.3) is 0 Å². The number of nitrogens with zero attached hydrogens (tertiary/aromatic N) is 1. The van der Waals surface area contributed by atoms with Gasteiger partial charge >= 0.3 is 0 Å². The Balaban J connectivity index is 2.42. The second-order valence-corrected chi connectivity index (χ2v) is 4.73. The molecule has 0 aromatic heterocycles. The summed E-state index contributed by atoms with van der Waals surface area (Å²) in [6.45, 7) is 3.27. The molecule has 1 aromatic rings. The molecule has 1 rings (SSSR count). The monoisotopic (exact) mass is 265 g/mol. The van der Waals surface area contributed by atoms with Crippen molar-refractivity contribution in [2.75, 3.05) is 32.5 Å². The van der Waals surface area contributed by atoms with Crippen molar-refractivity contribution in [1.29, 1.82) is 0 Å². The number of thiocarbonyl (C=S) groups is 1. The Morgan fingerprint density at radius 2 is 1.89 bits per heavy atom. The lowest BCUT2D eigenvalue weighted by Crippen LogP contribution is -2.34. The molecule has 0 aliphatic rings. The fourth-order valence-corrected chi connectivity index (χ4v) is 1.58. The van der Waals surface area contributed by atoms with Crippen LogP contribution < -0.4 is 10.6 Å². The Morgan fingerprint density at radius 1 is 1.28 bits per heavy atom. The Morgan fingerprint density at radius 3 is 2.39 bits per heavy atom. The molecule has 4 nitrogen and oxygen atoms in total. The SMILES string of the molecule is CC(=O)c1ccc(NC(=S)NCCN(C)C)cc1. The molecule has 1 aromatic carbocycles. The van der Waals surface area contributed by atoms with E-state index in [4.69, 9.17) is 12.2 Å². The van der Waals surface area contributed by atoms with E-state index >= 15 is 0 Å². The zero-order valence-electron chi connectivity index (χ0n) is 11.0. The van der Waals surface area contributed by atoms with E-state index in [1.807, 2.05) is 26.2 Å². The van der Waals surface area contributed by atoms with Crippen LogP contribution in [0.15, 0.2) is 24.3 Å². The van der Waals surface area contributed by atoms with Gasteiger partial charge in [-0.1, -0.05) is 0 Å². The lowest BCUT2D eigenvalue weighted by molar-refractivity contribution is 0.101. The second kappa shape index (κ2) is 7.08. The van der Waals surface area contributed by atoms with E-state index in [1.54, 1.807) is 19.1 Å². The summed E-state index contributed by atoms with van der Waals surface area (Å²) >= 11 is 5.16. The molecule has 18 heavy (non-hydrogen) atoms. The molecule has 0 aliphatic carbocycles. The third-order valence-electron chi connectivity index (χ3n) is 2.39. The highest BCUT2D eigenvalue weighted by atomic mass is 32.1. The molecule has 2 N–H and O–H groups in total. The van der Waals surface area contributed by atoms with Gasteiger partial charge in [-0.15, -0.1) is 0 Å². The van der Waals surface area contributed by atoms with Gasteiger partial charge in [-0.05, 0) is 57.5 Å². The molecule has 5 heteroatoms. The van der Waals surface area contributed by atoms with Crippen molar-refractivity contribution in [2.45, 2.75) is 6.92 Å². The maximum absolute atomic E-state index is 11.1. The summed E-state index contributed by atoms with van der Waals surface area (Å²) in [7, 11) is 4.03. The third kappa shape index (κ3) is 5.25. The number of carbonyl (C=O) groups excluding carboxylic acids is 1. The quantitative estimate of drug-likeness (QED) is 0.627. The maximum atomic E-state index is 11.1. The van der Waals surface area contributed by atoms with Crippen LogP contribution >= 0.6 is 12.2 Å². The average Bonchev–Trinajstić information content (AvgIpc) is 2.29. The fourth-order valence-electron chi connectivity index (χ4n) is 1.36. The van der Waals surface area contributed by atoms with E-state index < -0.39 is 0 Å². The normalized spacial score (nSPS) is 10.2. The molecule has 98 valence electrons. The Labute approximate surface area is 113 Å². The molecule has 0 spiro atoms. The molecule has 0 atom stereocenters. The molecule has 0 heterocycles. The van der Waals surface area contributed by atoms with Crippen molar-refractivity contribution in [3.8, 4) is 0 Å². The van der Waals surface area contributed by atoms with Crippen LogP contribution in [0.3, 0.4) is 0 Å². The molecular weight excluding hydrogens is 246 g/mol. The summed E-state index contributed by atoms with van der Waals surface area (Å²) in [4.78, 5) is 13.2. The van der Waals surface area contributed by atoms with Crippen LogP contribution in [0.4, 0.5) is 5.69 Å². The van der Waals surface area contributed by atoms with Gasteiger partial charge in [0.1, 0.15) is 0 Å². The van der Waals surface area contributed by atoms with Crippen molar-refractivity contribution in [2.24, 2.45) is 0 Å². The van der Waals surface area contributed by atoms with Gasteiger partial charge in [-0.2, -0.15) is 0 Å². The number of anilines is 1. The van der Waals surface area contributed by atoms with Gasteiger partial charge in [0.05, 0.1) is 0 Å². The number of ketones is 1. The minimum absolute atomic E-state index is 0.0632. The number of likely N-dealkylation sites (N-methyl/N-ethyl adjacent to an activating group) is 1. The molecule has 0 radical (unpaired) electrons. The predicted molar refractivity (Wildman–Crippen MR) is 79.2 cm³/mol. The smallest absolute Gasteiger partial charge is 0.170 e. The average molecular weight is 265 g/mol. The number of hydrogen-bond acceptors (Lipinski definition) is 3. The van der Waals surface area contributed by atoms with Gasteiger partial charge in [-0.3, -0.25) is 4.79 Å². The van der Waals surface area contributed by atoms with Crippen LogP contribution in [0.2, 0.25) is 0 Å². The molecule has 0 saturated carbocycles. The lowest BCUT2D eigenvalue weighted by Gasteiger charge is -2.13. The molecule has 0 amide bonds. The van der Waals surface area contributed by atoms with E-state index in [2.05, 4.69) is 15.5 Å². The highest BCUT2D eigenvalue weighted by Gasteiger charge is 2.00. The zero-order chi connectivity index (χ0) is 13.5. The highest BCUT2D eigenvalue weighted by Crippen LogP contribution is 2.09.